The van der Waals surface area contributed by atoms with Crippen LogP contribution in [0.1, 0.15) is 47.0 Å². The summed E-state index contributed by atoms with van der Waals surface area (Å²) < 4.78 is 0. The number of halogens is 1. The van der Waals surface area contributed by atoms with E-state index in [-0.39, 0.29) is 36.3 Å². The van der Waals surface area contributed by atoms with Gasteiger partial charge in [-0.3, -0.25) is 4.79 Å². The van der Waals surface area contributed by atoms with Crippen LogP contribution in [0.4, 0.5) is 4.79 Å². The number of nitrogens with two attached hydrogens (primary N) is 1. The summed E-state index contributed by atoms with van der Waals surface area (Å²) in [5.74, 6) is 0.881. The number of carbonyl (C=O) groups excluding carboxylic acids is 2. The molecular formula is C18H37ClN4O2. The predicted molar refractivity (Wildman–Crippen MR) is 105 cm³/mol. The second-order valence-corrected chi connectivity index (χ2v) is 7.82. The third-order valence-electron chi connectivity index (χ3n) is 4.75. The van der Waals surface area contributed by atoms with Gasteiger partial charge in [-0.25, -0.2) is 4.79 Å². The molecule has 0 spiro atoms. The largest absolute Gasteiger partial charge is 0.345 e. The molecule has 0 aromatic heterocycles. The van der Waals surface area contributed by atoms with Gasteiger partial charge in [0, 0.05) is 39.3 Å². The van der Waals surface area contributed by atoms with Crippen molar-refractivity contribution in [2.75, 3.05) is 33.2 Å². The molecule has 1 aliphatic heterocycles. The van der Waals surface area contributed by atoms with E-state index in [4.69, 9.17) is 5.73 Å². The van der Waals surface area contributed by atoms with E-state index >= 15 is 0 Å². The van der Waals surface area contributed by atoms with E-state index in [9.17, 15) is 9.59 Å². The lowest BCUT2D eigenvalue weighted by Crippen LogP contribution is -2.50. The molecule has 1 heterocycles. The fourth-order valence-corrected chi connectivity index (χ4v) is 2.86. The van der Waals surface area contributed by atoms with Crippen LogP contribution >= 0.6 is 12.4 Å². The molecule has 1 rings (SSSR count). The molecule has 0 saturated carbocycles. The van der Waals surface area contributed by atoms with E-state index in [1.807, 2.05) is 7.05 Å². The van der Waals surface area contributed by atoms with Gasteiger partial charge in [0.05, 0.1) is 5.92 Å². The van der Waals surface area contributed by atoms with Gasteiger partial charge in [-0.05, 0) is 31.1 Å². The van der Waals surface area contributed by atoms with Gasteiger partial charge < -0.3 is 20.9 Å². The Morgan fingerprint density at radius 3 is 2.48 bits per heavy atom. The smallest absolute Gasteiger partial charge is 0.317 e. The number of nitrogens with zero attached hydrogens (tertiary/aromatic N) is 2. The minimum Gasteiger partial charge on any atom is -0.345 e. The number of amides is 3. The van der Waals surface area contributed by atoms with Crippen molar-refractivity contribution in [3.8, 4) is 0 Å². The highest BCUT2D eigenvalue weighted by Gasteiger charge is 2.30. The van der Waals surface area contributed by atoms with Crippen LogP contribution < -0.4 is 11.1 Å². The first-order valence-corrected chi connectivity index (χ1v) is 9.25. The third-order valence-corrected chi connectivity index (χ3v) is 4.75. The number of nitrogens with one attached hydrogen (secondary N) is 1. The molecule has 0 bridgehead atoms. The lowest BCUT2D eigenvalue weighted by Gasteiger charge is -2.34. The molecule has 0 aromatic rings. The van der Waals surface area contributed by atoms with Gasteiger partial charge in [0.15, 0.2) is 0 Å². The molecule has 2 unspecified atom stereocenters. The van der Waals surface area contributed by atoms with Crippen molar-refractivity contribution >= 4 is 24.3 Å². The summed E-state index contributed by atoms with van der Waals surface area (Å²) in [5.41, 5.74) is 6.06. The molecule has 1 aliphatic rings. The summed E-state index contributed by atoms with van der Waals surface area (Å²) in [5, 5.41) is 2.94. The highest BCUT2D eigenvalue weighted by Crippen LogP contribution is 2.19. The van der Waals surface area contributed by atoms with Crippen molar-refractivity contribution in [1.82, 2.24) is 15.1 Å². The van der Waals surface area contributed by atoms with E-state index in [1.54, 1.807) is 9.80 Å². The summed E-state index contributed by atoms with van der Waals surface area (Å²) in [4.78, 5) is 28.4. The maximum Gasteiger partial charge on any atom is 0.317 e. The predicted octanol–water partition coefficient (Wildman–Crippen LogP) is 2.32. The van der Waals surface area contributed by atoms with E-state index < -0.39 is 0 Å². The normalized spacial score (nSPS) is 18.7. The average Bonchev–Trinajstić information content (AvgIpc) is 2.56. The maximum atomic E-state index is 12.6. The highest BCUT2D eigenvalue weighted by molar-refractivity contribution is 5.85. The topological polar surface area (TPSA) is 78.7 Å². The summed E-state index contributed by atoms with van der Waals surface area (Å²) >= 11 is 0. The molecule has 6 nitrogen and oxygen atoms in total. The van der Waals surface area contributed by atoms with Crippen molar-refractivity contribution in [3.05, 3.63) is 0 Å². The van der Waals surface area contributed by atoms with Gasteiger partial charge in [0.2, 0.25) is 5.91 Å². The first kappa shape index (κ1) is 24.0. The second-order valence-electron chi connectivity index (χ2n) is 7.82. The molecule has 148 valence electrons. The van der Waals surface area contributed by atoms with E-state index in [0.717, 1.165) is 25.8 Å². The first-order chi connectivity index (χ1) is 11.2. The quantitative estimate of drug-likeness (QED) is 0.715. The van der Waals surface area contributed by atoms with Gasteiger partial charge in [-0.2, -0.15) is 0 Å². The summed E-state index contributed by atoms with van der Waals surface area (Å²) in [6, 6.07) is 0.0654. The first-order valence-electron chi connectivity index (χ1n) is 9.25. The molecule has 1 fully saturated rings. The summed E-state index contributed by atoms with van der Waals surface area (Å²) in [7, 11) is 1.84. The van der Waals surface area contributed by atoms with Crippen LogP contribution in [0.3, 0.4) is 0 Å². The fraction of sp³-hybridized carbons (Fsp3) is 0.889. The van der Waals surface area contributed by atoms with Crippen LogP contribution in [-0.2, 0) is 4.79 Å². The Balaban J connectivity index is 0.00000576. The molecule has 7 heteroatoms. The Labute approximate surface area is 159 Å². The standard InChI is InChI=1S/C18H36N4O2.ClH/c1-13(2)11-20-18(24)22-9-6-7-15(12-22)17(23)21(5)10-8-16(19)14(3)4;/h13-16H,6-12,19H2,1-5H3,(H,20,24);1H. The number of likely N-dealkylation sites (tertiary alicyclic amines) is 1. The van der Waals surface area contributed by atoms with Gasteiger partial charge in [-0.1, -0.05) is 27.7 Å². The molecule has 0 aliphatic carbocycles. The number of carbonyl (C=O) groups is 2. The van der Waals surface area contributed by atoms with Crippen molar-refractivity contribution < 1.29 is 9.59 Å². The molecule has 0 radical (unpaired) electrons. The zero-order chi connectivity index (χ0) is 18.3. The summed E-state index contributed by atoms with van der Waals surface area (Å²) in [6.07, 6.45) is 2.55. The Morgan fingerprint density at radius 1 is 1.28 bits per heavy atom. The van der Waals surface area contributed by atoms with Crippen molar-refractivity contribution in [1.29, 1.82) is 0 Å². The number of rotatable bonds is 7. The number of piperidine rings is 1. The van der Waals surface area contributed by atoms with Gasteiger partial charge in [0.1, 0.15) is 0 Å². The Hall–Kier alpha value is -1.01. The molecule has 3 N–H and O–H groups in total. The molecule has 1 saturated heterocycles. The van der Waals surface area contributed by atoms with E-state index in [2.05, 4.69) is 33.0 Å². The van der Waals surface area contributed by atoms with Crippen molar-refractivity contribution in [3.63, 3.8) is 0 Å². The average molecular weight is 377 g/mol. The van der Waals surface area contributed by atoms with Crippen LogP contribution in [0, 0.1) is 17.8 Å². The molecular weight excluding hydrogens is 340 g/mol. The van der Waals surface area contributed by atoms with Crippen molar-refractivity contribution in [2.24, 2.45) is 23.5 Å². The van der Waals surface area contributed by atoms with Gasteiger partial charge >= 0.3 is 6.03 Å². The molecule has 3 amide bonds. The Bertz CT molecular complexity index is 418. The van der Waals surface area contributed by atoms with Crippen LogP contribution in [0.15, 0.2) is 0 Å². The lowest BCUT2D eigenvalue weighted by molar-refractivity contribution is -0.135. The monoisotopic (exact) mass is 376 g/mol. The molecule has 2 atom stereocenters. The second kappa shape index (κ2) is 11.6. The Morgan fingerprint density at radius 2 is 1.92 bits per heavy atom. The minimum atomic E-state index is -0.0937. The molecule has 25 heavy (non-hydrogen) atoms. The number of hydrogen-bond donors (Lipinski definition) is 2. The number of urea groups is 1. The maximum absolute atomic E-state index is 12.6. The van der Waals surface area contributed by atoms with Crippen LogP contribution in [0.5, 0.6) is 0 Å². The SMILES string of the molecule is CC(C)CNC(=O)N1CCCC(C(=O)N(C)CCC(N)C(C)C)C1.Cl. The van der Waals surface area contributed by atoms with Crippen LogP contribution in [0.25, 0.3) is 0 Å². The van der Waals surface area contributed by atoms with Gasteiger partial charge in [-0.15, -0.1) is 12.4 Å². The van der Waals surface area contributed by atoms with Crippen LogP contribution in [-0.4, -0.2) is 61.0 Å². The highest BCUT2D eigenvalue weighted by atomic mass is 35.5. The van der Waals surface area contributed by atoms with Crippen LogP contribution in [0.2, 0.25) is 0 Å². The number of hydrogen-bond acceptors (Lipinski definition) is 3. The van der Waals surface area contributed by atoms with Crippen molar-refractivity contribution in [2.45, 2.75) is 53.0 Å². The zero-order valence-electron chi connectivity index (χ0n) is 16.5. The fourth-order valence-electron chi connectivity index (χ4n) is 2.86. The Kier molecular flexibility index (Phi) is 11.1. The zero-order valence-corrected chi connectivity index (χ0v) is 17.3. The lowest BCUT2D eigenvalue weighted by atomic mass is 9.96. The molecule has 0 aromatic carbocycles. The third kappa shape index (κ3) is 8.27. The minimum absolute atomic E-state index is 0. The summed E-state index contributed by atoms with van der Waals surface area (Å²) in [6.45, 7) is 10.9. The van der Waals surface area contributed by atoms with E-state index in [0.29, 0.717) is 31.5 Å². The van der Waals surface area contributed by atoms with Gasteiger partial charge in [0.25, 0.3) is 0 Å². The van der Waals surface area contributed by atoms with E-state index in [1.165, 1.54) is 0 Å².